The number of rotatable bonds is 4. The molecule has 0 radical (unpaired) electrons. The number of imidazole rings is 1. The number of halogens is 2. The maximum absolute atomic E-state index is 14.0. The Morgan fingerprint density at radius 3 is 2.69 bits per heavy atom. The fourth-order valence-electron chi connectivity index (χ4n) is 4.96. The standard InChI is InChI=1S/C28H25ClFN3O3/c29-20-2-4-23-24(22-5-3-21(30)15-19(22)17-36-27(23)16-20)13-18-1-6-26-25(14-18)31-28(34)33(26)8-7-32-9-11-35-12-10-32/h1-6,13-16H,7-12,17H2,(H,31,34)/b24-13+. The van der Waals surface area contributed by atoms with Crippen LogP contribution in [0.4, 0.5) is 4.39 Å². The second-order valence-electron chi connectivity index (χ2n) is 9.10. The highest BCUT2D eigenvalue weighted by Crippen LogP contribution is 2.39. The molecule has 0 spiro atoms. The molecule has 1 N–H and O–H groups in total. The Morgan fingerprint density at radius 2 is 1.83 bits per heavy atom. The lowest BCUT2D eigenvalue weighted by Crippen LogP contribution is -2.39. The van der Waals surface area contributed by atoms with E-state index >= 15 is 0 Å². The lowest BCUT2D eigenvalue weighted by atomic mass is 9.92. The molecule has 3 heterocycles. The third-order valence-electron chi connectivity index (χ3n) is 6.83. The van der Waals surface area contributed by atoms with Gasteiger partial charge in [-0.05, 0) is 65.2 Å². The lowest BCUT2D eigenvalue weighted by Gasteiger charge is -2.26. The van der Waals surface area contributed by atoms with Gasteiger partial charge < -0.3 is 14.5 Å². The van der Waals surface area contributed by atoms with Gasteiger partial charge in [0.1, 0.15) is 18.2 Å². The van der Waals surface area contributed by atoms with Gasteiger partial charge >= 0.3 is 5.69 Å². The zero-order valence-corrected chi connectivity index (χ0v) is 20.4. The minimum atomic E-state index is -0.307. The van der Waals surface area contributed by atoms with Gasteiger partial charge in [-0.3, -0.25) is 9.47 Å². The van der Waals surface area contributed by atoms with Gasteiger partial charge in [0, 0.05) is 42.3 Å². The van der Waals surface area contributed by atoms with E-state index in [0.717, 1.165) is 71.7 Å². The number of fused-ring (bicyclic) bond motifs is 3. The summed E-state index contributed by atoms with van der Waals surface area (Å²) in [4.78, 5) is 18.0. The summed E-state index contributed by atoms with van der Waals surface area (Å²) < 4.78 is 27.2. The molecule has 184 valence electrons. The molecule has 1 aromatic heterocycles. The van der Waals surface area contributed by atoms with Crippen molar-refractivity contribution in [1.82, 2.24) is 14.5 Å². The van der Waals surface area contributed by atoms with Crippen LogP contribution in [0, 0.1) is 5.82 Å². The first-order valence-electron chi connectivity index (χ1n) is 12.0. The molecule has 36 heavy (non-hydrogen) atoms. The fourth-order valence-corrected chi connectivity index (χ4v) is 5.13. The number of aromatic nitrogens is 2. The molecule has 8 heteroatoms. The molecular formula is C28H25ClFN3O3. The van der Waals surface area contributed by atoms with Crippen LogP contribution in [-0.4, -0.2) is 47.3 Å². The Morgan fingerprint density at radius 1 is 1.00 bits per heavy atom. The molecule has 0 amide bonds. The molecular weight excluding hydrogens is 481 g/mol. The summed E-state index contributed by atoms with van der Waals surface area (Å²) in [5.74, 6) is 0.340. The highest BCUT2D eigenvalue weighted by Gasteiger charge is 2.20. The monoisotopic (exact) mass is 505 g/mol. The third-order valence-corrected chi connectivity index (χ3v) is 7.06. The Hall–Kier alpha value is -3.39. The largest absolute Gasteiger partial charge is 0.488 e. The molecule has 0 atom stereocenters. The van der Waals surface area contributed by atoms with Gasteiger partial charge in [0.05, 0.1) is 24.2 Å². The molecule has 3 aromatic carbocycles. The highest BCUT2D eigenvalue weighted by molar-refractivity contribution is 6.30. The number of nitrogens with zero attached hydrogens (tertiary/aromatic N) is 2. The van der Waals surface area contributed by atoms with Crippen LogP contribution in [-0.2, 0) is 17.9 Å². The van der Waals surface area contributed by atoms with Gasteiger partial charge in [-0.1, -0.05) is 23.7 Å². The second-order valence-corrected chi connectivity index (χ2v) is 9.54. The predicted molar refractivity (Wildman–Crippen MR) is 139 cm³/mol. The highest BCUT2D eigenvalue weighted by atomic mass is 35.5. The molecule has 0 saturated carbocycles. The SMILES string of the molecule is O=c1[nH]c2cc(/C=C3\c4ccc(F)cc4COc4cc(Cl)ccc43)ccc2n1CCN1CCOCC1. The van der Waals surface area contributed by atoms with Crippen molar-refractivity contribution in [2.24, 2.45) is 0 Å². The zero-order chi connectivity index (χ0) is 24.6. The van der Waals surface area contributed by atoms with Crippen LogP contribution in [0.15, 0.2) is 59.4 Å². The molecule has 0 aliphatic carbocycles. The van der Waals surface area contributed by atoms with Gasteiger partial charge in [-0.25, -0.2) is 9.18 Å². The average molecular weight is 506 g/mol. The third kappa shape index (κ3) is 4.46. The molecule has 6 rings (SSSR count). The normalized spacial score (nSPS) is 17.0. The Bertz CT molecular complexity index is 1480. The van der Waals surface area contributed by atoms with Crippen LogP contribution in [0.3, 0.4) is 0 Å². The molecule has 1 saturated heterocycles. The van der Waals surface area contributed by atoms with Crippen LogP contribution in [0.2, 0.25) is 5.02 Å². The Kier molecular flexibility index (Phi) is 6.13. The van der Waals surface area contributed by atoms with E-state index in [-0.39, 0.29) is 18.1 Å². The van der Waals surface area contributed by atoms with E-state index < -0.39 is 0 Å². The van der Waals surface area contributed by atoms with Gasteiger partial charge in [-0.2, -0.15) is 0 Å². The summed E-state index contributed by atoms with van der Waals surface area (Å²) in [5.41, 5.74) is 5.88. The molecule has 4 aromatic rings. The van der Waals surface area contributed by atoms with Crippen molar-refractivity contribution in [2.45, 2.75) is 13.2 Å². The molecule has 6 nitrogen and oxygen atoms in total. The van der Waals surface area contributed by atoms with Crippen molar-refractivity contribution in [3.05, 3.63) is 98.2 Å². The summed E-state index contributed by atoms with van der Waals surface area (Å²) in [6.45, 7) is 4.90. The number of nitrogens with one attached hydrogen (secondary N) is 1. The molecule has 2 aliphatic rings. The predicted octanol–water partition coefficient (Wildman–Crippen LogP) is 4.94. The first-order valence-corrected chi connectivity index (χ1v) is 12.4. The first kappa shape index (κ1) is 23.0. The summed E-state index contributed by atoms with van der Waals surface area (Å²) in [6.07, 6.45) is 2.04. The summed E-state index contributed by atoms with van der Waals surface area (Å²) >= 11 is 6.23. The van der Waals surface area contributed by atoms with Crippen molar-refractivity contribution < 1.29 is 13.9 Å². The van der Waals surface area contributed by atoms with Crippen molar-refractivity contribution in [1.29, 1.82) is 0 Å². The van der Waals surface area contributed by atoms with E-state index in [1.807, 2.05) is 36.4 Å². The van der Waals surface area contributed by atoms with Gasteiger partial charge in [0.15, 0.2) is 0 Å². The Labute approximate surface area is 212 Å². The maximum atomic E-state index is 14.0. The molecule has 2 aliphatic heterocycles. The number of H-pyrrole nitrogens is 1. The van der Waals surface area contributed by atoms with Crippen molar-refractivity contribution in [3.63, 3.8) is 0 Å². The van der Waals surface area contributed by atoms with Gasteiger partial charge in [-0.15, -0.1) is 0 Å². The van der Waals surface area contributed by atoms with Crippen molar-refractivity contribution in [2.75, 3.05) is 32.8 Å². The van der Waals surface area contributed by atoms with E-state index in [2.05, 4.69) is 9.88 Å². The van der Waals surface area contributed by atoms with Gasteiger partial charge in [0.2, 0.25) is 0 Å². The van der Waals surface area contributed by atoms with Crippen molar-refractivity contribution >= 4 is 34.3 Å². The van der Waals surface area contributed by atoms with Crippen LogP contribution < -0.4 is 10.4 Å². The topological polar surface area (TPSA) is 59.5 Å². The Balaban J connectivity index is 1.39. The number of morpholine rings is 1. The summed E-state index contributed by atoms with van der Waals surface area (Å²) in [6, 6.07) is 16.2. The number of hydrogen-bond acceptors (Lipinski definition) is 4. The average Bonchev–Trinajstić information content (AvgIpc) is 3.11. The maximum Gasteiger partial charge on any atom is 0.326 e. The van der Waals surface area contributed by atoms with Gasteiger partial charge in [0.25, 0.3) is 0 Å². The van der Waals surface area contributed by atoms with Crippen molar-refractivity contribution in [3.8, 4) is 5.75 Å². The molecule has 0 unspecified atom stereocenters. The van der Waals surface area contributed by atoms with Crippen LogP contribution in [0.5, 0.6) is 5.75 Å². The minimum absolute atomic E-state index is 0.119. The first-order chi connectivity index (χ1) is 17.5. The number of benzene rings is 3. The summed E-state index contributed by atoms with van der Waals surface area (Å²) in [5, 5.41) is 0.572. The number of ether oxygens (including phenoxy) is 2. The number of hydrogen-bond donors (Lipinski definition) is 1. The van der Waals surface area contributed by atoms with E-state index in [0.29, 0.717) is 17.3 Å². The quantitative estimate of drug-likeness (QED) is 0.427. The smallest absolute Gasteiger partial charge is 0.326 e. The number of aromatic amines is 1. The minimum Gasteiger partial charge on any atom is -0.488 e. The second kappa shape index (κ2) is 9.58. The van der Waals surface area contributed by atoms with E-state index in [1.54, 1.807) is 16.7 Å². The van der Waals surface area contributed by atoms with E-state index in [4.69, 9.17) is 21.1 Å². The zero-order valence-electron chi connectivity index (χ0n) is 19.6. The van der Waals surface area contributed by atoms with Crippen LogP contribution in [0.25, 0.3) is 22.7 Å². The van der Waals surface area contributed by atoms with E-state index in [1.165, 1.54) is 12.1 Å². The molecule has 1 fully saturated rings. The molecule has 0 bridgehead atoms. The lowest BCUT2D eigenvalue weighted by molar-refractivity contribution is 0.0364. The van der Waals surface area contributed by atoms with Crippen LogP contribution in [0.1, 0.15) is 22.3 Å². The summed E-state index contributed by atoms with van der Waals surface area (Å²) in [7, 11) is 0. The fraction of sp³-hybridized carbons (Fsp3) is 0.250. The van der Waals surface area contributed by atoms with Crippen LogP contribution >= 0.6 is 11.6 Å². The van der Waals surface area contributed by atoms with E-state index in [9.17, 15) is 9.18 Å².